The molecule has 7 nitrogen and oxygen atoms in total. The lowest BCUT2D eigenvalue weighted by Gasteiger charge is -2.11. The summed E-state index contributed by atoms with van der Waals surface area (Å²) in [5.74, 6) is 0.841. The van der Waals surface area contributed by atoms with E-state index in [0.717, 1.165) is 5.56 Å². The van der Waals surface area contributed by atoms with Crippen LogP contribution in [0.25, 0.3) is 6.08 Å². The molecule has 0 unspecified atom stereocenters. The zero-order chi connectivity index (χ0) is 21.4. The monoisotopic (exact) mass is 418 g/mol. The number of hydrogen-bond acceptors (Lipinski definition) is 5. The van der Waals surface area contributed by atoms with Crippen LogP contribution in [-0.2, 0) is 21.2 Å². The molecule has 0 bridgehead atoms. The van der Waals surface area contributed by atoms with Gasteiger partial charge in [0.05, 0.1) is 18.1 Å². The molecule has 0 spiro atoms. The van der Waals surface area contributed by atoms with Gasteiger partial charge in [-0.3, -0.25) is 4.79 Å². The number of primary sulfonamides is 1. The van der Waals surface area contributed by atoms with Gasteiger partial charge in [0.15, 0.2) is 11.5 Å². The fourth-order valence-electron chi connectivity index (χ4n) is 2.72. The van der Waals surface area contributed by atoms with Crippen LogP contribution in [-0.4, -0.2) is 27.5 Å². The van der Waals surface area contributed by atoms with Crippen LogP contribution in [0.2, 0.25) is 0 Å². The van der Waals surface area contributed by atoms with Gasteiger partial charge in [-0.25, -0.2) is 13.6 Å². The lowest BCUT2D eigenvalue weighted by molar-refractivity contribution is -0.111. The molecule has 8 heteroatoms. The highest BCUT2D eigenvalue weighted by molar-refractivity contribution is 7.89. The van der Waals surface area contributed by atoms with Crippen LogP contribution < -0.4 is 19.9 Å². The van der Waals surface area contributed by atoms with E-state index in [4.69, 9.17) is 14.6 Å². The van der Waals surface area contributed by atoms with Crippen molar-refractivity contribution >= 4 is 27.7 Å². The molecular weight excluding hydrogens is 392 g/mol. The van der Waals surface area contributed by atoms with Crippen molar-refractivity contribution in [2.24, 2.45) is 5.14 Å². The summed E-state index contributed by atoms with van der Waals surface area (Å²) in [5, 5.41) is 7.91. The third kappa shape index (κ3) is 6.33. The normalized spacial score (nSPS) is 11.4. The standard InChI is InChI=1S/C21H26N2O5S/c1-4-16-9-10-17(14-20(16)29(22,25)26)23-21(24)12-8-15-7-11-18(27-5-2)19(13-15)28-6-3/h7-14H,4-6H2,1-3H3,(H,23,24)(H2,22,25,26)/b12-8+. The molecule has 0 aliphatic heterocycles. The van der Waals surface area contributed by atoms with Gasteiger partial charge in [0.1, 0.15) is 0 Å². The van der Waals surface area contributed by atoms with Crippen molar-refractivity contribution in [1.29, 1.82) is 0 Å². The van der Waals surface area contributed by atoms with Gasteiger partial charge in [-0.05, 0) is 61.7 Å². The number of nitrogens with two attached hydrogens (primary N) is 1. The highest BCUT2D eigenvalue weighted by atomic mass is 32.2. The minimum absolute atomic E-state index is 0.00893. The molecule has 0 aliphatic carbocycles. The van der Waals surface area contributed by atoms with E-state index in [1.54, 1.807) is 30.3 Å². The molecule has 0 radical (unpaired) electrons. The lowest BCUT2D eigenvalue weighted by atomic mass is 10.1. The summed E-state index contributed by atoms with van der Waals surface area (Å²) in [6, 6.07) is 10.0. The number of amides is 1. The Hall–Kier alpha value is -2.84. The van der Waals surface area contributed by atoms with E-state index in [1.165, 1.54) is 12.1 Å². The third-order valence-corrected chi connectivity index (χ3v) is 5.01. The van der Waals surface area contributed by atoms with Gasteiger partial charge >= 0.3 is 0 Å². The van der Waals surface area contributed by atoms with E-state index < -0.39 is 15.9 Å². The molecule has 0 fully saturated rings. The highest BCUT2D eigenvalue weighted by Crippen LogP contribution is 2.29. The van der Waals surface area contributed by atoms with Gasteiger partial charge in [0.25, 0.3) is 0 Å². The topological polar surface area (TPSA) is 108 Å². The first kappa shape index (κ1) is 22.4. The van der Waals surface area contributed by atoms with E-state index in [2.05, 4.69) is 5.32 Å². The first-order chi connectivity index (χ1) is 13.8. The predicted molar refractivity (Wildman–Crippen MR) is 114 cm³/mol. The Bertz CT molecular complexity index is 1000. The number of sulfonamides is 1. The maximum Gasteiger partial charge on any atom is 0.248 e. The Morgan fingerprint density at radius 3 is 2.34 bits per heavy atom. The molecule has 0 aliphatic rings. The fraction of sp³-hybridized carbons (Fsp3) is 0.286. The Morgan fingerprint density at radius 2 is 1.72 bits per heavy atom. The average molecular weight is 419 g/mol. The van der Waals surface area contributed by atoms with E-state index in [9.17, 15) is 13.2 Å². The van der Waals surface area contributed by atoms with Crippen molar-refractivity contribution in [3.8, 4) is 11.5 Å². The molecular formula is C21H26N2O5S. The SMILES string of the molecule is CCOc1ccc(/C=C/C(=O)Nc2ccc(CC)c(S(N)(=O)=O)c2)cc1OCC. The third-order valence-electron chi connectivity index (χ3n) is 4.02. The van der Waals surface area contributed by atoms with Crippen molar-refractivity contribution in [2.75, 3.05) is 18.5 Å². The molecule has 2 rings (SSSR count). The van der Waals surface area contributed by atoms with Crippen molar-refractivity contribution in [1.82, 2.24) is 0 Å². The van der Waals surface area contributed by atoms with Crippen LogP contribution in [0.15, 0.2) is 47.4 Å². The van der Waals surface area contributed by atoms with E-state index in [-0.39, 0.29) is 4.90 Å². The van der Waals surface area contributed by atoms with Crippen molar-refractivity contribution in [3.05, 3.63) is 53.6 Å². The maximum atomic E-state index is 12.2. The maximum absolute atomic E-state index is 12.2. The van der Waals surface area contributed by atoms with Crippen molar-refractivity contribution < 1.29 is 22.7 Å². The van der Waals surface area contributed by atoms with E-state index in [1.807, 2.05) is 26.8 Å². The number of benzene rings is 2. The van der Waals surface area contributed by atoms with Crippen LogP contribution in [0.5, 0.6) is 11.5 Å². The Labute approximate surface area is 171 Å². The van der Waals surface area contributed by atoms with Gasteiger partial charge in [0, 0.05) is 11.8 Å². The summed E-state index contributed by atoms with van der Waals surface area (Å²) in [5.41, 5.74) is 1.71. The predicted octanol–water partition coefficient (Wildman–Crippen LogP) is 3.35. The second-order valence-electron chi connectivity index (χ2n) is 6.12. The molecule has 0 saturated carbocycles. The summed E-state index contributed by atoms with van der Waals surface area (Å²) in [6.07, 6.45) is 3.50. The summed E-state index contributed by atoms with van der Waals surface area (Å²) in [4.78, 5) is 12.3. The van der Waals surface area contributed by atoms with Crippen LogP contribution in [0, 0.1) is 0 Å². The van der Waals surface area contributed by atoms with E-state index in [0.29, 0.717) is 42.4 Å². The number of rotatable bonds is 9. The summed E-state index contributed by atoms with van der Waals surface area (Å²) in [6.45, 7) is 6.62. The zero-order valence-electron chi connectivity index (χ0n) is 16.8. The molecule has 2 aromatic rings. The molecule has 3 N–H and O–H groups in total. The van der Waals surface area contributed by atoms with E-state index >= 15 is 0 Å². The first-order valence-electron chi connectivity index (χ1n) is 9.32. The van der Waals surface area contributed by atoms with Gasteiger partial charge in [-0.2, -0.15) is 0 Å². The molecule has 2 aromatic carbocycles. The van der Waals surface area contributed by atoms with Crippen LogP contribution in [0.3, 0.4) is 0 Å². The highest BCUT2D eigenvalue weighted by Gasteiger charge is 2.14. The van der Waals surface area contributed by atoms with Gasteiger partial charge in [0.2, 0.25) is 15.9 Å². The number of carbonyl (C=O) groups is 1. The number of aryl methyl sites for hydroxylation is 1. The van der Waals surface area contributed by atoms with Gasteiger partial charge in [-0.1, -0.05) is 19.1 Å². The lowest BCUT2D eigenvalue weighted by Crippen LogP contribution is -2.15. The Kier molecular flexibility index (Phi) is 7.81. The molecule has 0 heterocycles. The number of anilines is 1. The number of carbonyl (C=O) groups excluding carboxylic acids is 1. The first-order valence-corrected chi connectivity index (χ1v) is 10.9. The Balaban J connectivity index is 2.17. The quantitative estimate of drug-likeness (QED) is 0.607. The minimum Gasteiger partial charge on any atom is -0.490 e. The van der Waals surface area contributed by atoms with Crippen LogP contribution >= 0.6 is 0 Å². The molecule has 0 aromatic heterocycles. The summed E-state index contributed by atoms with van der Waals surface area (Å²) >= 11 is 0. The number of hydrogen-bond donors (Lipinski definition) is 2. The average Bonchev–Trinajstić information content (AvgIpc) is 2.68. The van der Waals surface area contributed by atoms with Crippen LogP contribution in [0.4, 0.5) is 5.69 Å². The summed E-state index contributed by atoms with van der Waals surface area (Å²) in [7, 11) is -3.87. The number of ether oxygens (including phenoxy) is 2. The second-order valence-corrected chi connectivity index (χ2v) is 7.65. The smallest absolute Gasteiger partial charge is 0.248 e. The molecule has 0 atom stereocenters. The fourth-order valence-corrected chi connectivity index (χ4v) is 3.59. The van der Waals surface area contributed by atoms with Crippen molar-refractivity contribution in [3.63, 3.8) is 0 Å². The van der Waals surface area contributed by atoms with Gasteiger partial charge < -0.3 is 14.8 Å². The molecule has 156 valence electrons. The molecule has 29 heavy (non-hydrogen) atoms. The minimum atomic E-state index is -3.87. The zero-order valence-corrected chi connectivity index (χ0v) is 17.6. The van der Waals surface area contributed by atoms with Crippen LogP contribution in [0.1, 0.15) is 31.9 Å². The Morgan fingerprint density at radius 1 is 1.03 bits per heavy atom. The second kappa shape index (κ2) is 10.1. The summed E-state index contributed by atoms with van der Waals surface area (Å²) < 4.78 is 34.6. The molecule has 0 saturated heterocycles. The largest absolute Gasteiger partial charge is 0.490 e. The van der Waals surface area contributed by atoms with Crippen molar-refractivity contribution in [2.45, 2.75) is 32.1 Å². The van der Waals surface area contributed by atoms with Gasteiger partial charge in [-0.15, -0.1) is 0 Å². The molecule has 1 amide bonds. The number of nitrogens with one attached hydrogen (secondary N) is 1.